The van der Waals surface area contributed by atoms with E-state index in [0.717, 1.165) is 109 Å². The van der Waals surface area contributed by atoms with Crippen LogP contribution < -0.4 is 43.8 Å². The molecule has 34 nitrogen and oxygen atoms in total. The molecule has 1 aliphatic carbocycles. The molecule has 5 fully saturated rings. The van der Waals surface area contributed by atoms with Crippen LogP contribution in [0.3, 0.4) is 0 Å². The molecular formula is C108H146Cl4N16O18S. The van der Waals surface area contributed by atoms with Gasteiger partial charge in [0.1, 0.15) is 78.7 Å². The Kier molecular flexibility index (Phi) is 42.4. The summed E-state index contributed by atoms with van der Waals surface area (Å²) in [5.41, 5.74) is 18.4. The minimum Gasteiger partial charge on any atom is -0.477 e. The highest BCUT2D eigenvalue weighted by Crippen LogP contribution is 2.40. The van der Waals surface area contributed by atoms with Crippen molar-refractivity contribution in [2.45, 2.75) is 290 Å². The number of hydrogen-bond acceptors (Lipinski definition) is 27. The first-order valence-electron chi connectivity index (χ1n) is 51.0. The molecule has 8 amide bonds. The summed E-state index contributed by atoms with van der Waals surface area (Å²) in [7, 11) is 1.69. The number of thioether (sulfide) groups is 1. The number of aliphatic hydroxyl groups excluding tert-OH is 4. The topological polar surface area (TPSA) is 484 Å². The number of amides is 8. The molecule has 8 aliphatic heterocycles. The lowest BCUT2D eigenvalue weighted by molar-refractivity contribution is -0.143. The number of nitrogens with two attached hydrogens (primary N) is 3. The van der Waals surface area contributed by atoms with Crippen LogP contribution in [-0.4, -0.2) is 313 Å². The Balaban J connectivity index is 0.000000175. The Hall–Kier alpha value is -9.77. The summed E-state index contributed by atoms with van der Waals surface area (Å²) in [6, 6.07) is 41.7. The first-order valence-corrected chi connectivity index (χ1v) is 53.5. The molecule has 4 saturated heterocycles. The Morgan fingerprint density at radius 2 is 0.755 bits per heavy atom. The summed E-state index contributed by atoms with van der Waals surface area (Å²) in [6.07, 6.45) is 11.8. The Labute approximate surface area is 886 Å². The van der Waals surface area contributed by atoms with Crippen molar-refractivity contribution in [2.75, 3.05) is 85.2 Å². The monoisotopic (exact) mass is 2130 g/mol. The van der Waals surface area contributed by atoms with Crippen molar-refractivity contribution in [1.29, 1.82) is 0 Å². The third kappa shape index (κ3) is 31.3. The van der Waals surface area contributed by atoms with Gasteiger partial charge in [-0.15, -0.1) is 11.8 Å². The number of benzene rings is 6. The van der Waals surface area contributed by atoms with Gasteiger partial charge >= 0.3 is 0 Å². The van der Waals surface area contributed by atoms with E-state index < -0.39 is 112 Å². The van der Waals surface area contributed by atoms with Crippen LogP contribution in [0.25, 0.3) is 0 Å². The largest absolute Gasteiger partial charge is 0.477 e. The lowest BCUT2D eigenvalue weighted by atomic mass is 9.83. The second-order valence-electron chi connectivity index (χ2n) is 40.8. The second-order valence-corrected chi connectivity index (χ2v) is 43.5. The van der Waals surface area contributed by atoms with Crippen molar-refractivity contribution >= 4 is 128 Å². The predicted molar refractivity (Wildman–Crippen MR) is 570 cm³/mol. The summed E-state index contributed by atoms with van der Waals surface area (Å²) in [4.78, 5) is 132. The molecule has 39 heteroatoms. The van der Waals surface area contributed by atoms with Gasteiger partial charge in [0.25, 0.3) is 0 Å². The van der Waals surface area contributed by atoms with Gasteiger partial charge in [-0.3, -0.25) is 43.3 Å². The zero-order valence-corrected chi connectivity index (χ0v) is 89.2. The van der Waals surface area contributed by atoms with E-state index in [1.165, 1.54) is 20.8 Å². The van der Waals surface area contributed by atoms with Gasteiger partial charge in [-0.2, -0.15) is 0 Å². The van der Waals surface area contributed by atoms with Gasteiger partial charge in [0, 0.05) is 77.7 Å². The van der Waals surface area contributed by atoms with Crippen molar-refractivity contribution in [3.63, 3.8) is 0 Å². The van der Waals surface area contributed by atoms with E-state index in [0.29, 0.717) is 121 Å². The van der Waals surface area contributed by atoms with Crippen molar-refractivity contribution in [3.8, 4) is 0 Å². The molecule has 6 aromatic rings. The Morgan fingerprint density at radius 1 is 0.422 bits per heavy atom. The number of carbonyl (C=O) groups excluding carboxylic acids is 8. The number of halogens is 4. The van der Waals surface area contributed by atoms with E-state index in [2.05, 4.69) is 26.6 Å². The Bertz CT molecular complexity index is 5570. The third-order valence-corrected chi connectivity index (χ3v) is 30.5. The molecule has 2 unspecified atom stereocenters. The zero-order chi connectivity index (χ0) is 106. The smallest absolute Gasteiger partial charge is 0.248 e. The molecule has 16 N–H and O–H groups in total. The molecule has 9 aliphatic rings. The molecular weight excluding hydrogens is 1980 g/mol. The molecule has 6 aromatic carbocycles. The summed E-state index contributed by atoms with van der Waals surface area (Å²) in [5, 5.41) is 69.1. The molecule has 0 spiro atoms. The molecule has 18 atom stereocenters. The van der Waals surface area contributed by atoms with Gasteiger partial charge in [0.15, 0.2) is 0 Å². The van der Waals surface area contributed by atoms with Crippen molar-refractivity contribution < 1.29 is 87.6 Å². The number of likely N-dealkylation sites (tertiary alicyclic amines) is 4. The first kappa shape index (κ1) is 116. The fourth-order valence-corrected chi connectivity index (χ4v) is 22.0. The average molecular weight is 2130 g/mol. The standard InChI is InChI=1S/C30H39ClN4O5.C29H37ClN4O4S.C26H37ClN4O4.C23H33ClN4O5/c1-20(32-3)27(37)33-26(21(2)39-17-22-9-5-4-6-10-22)29(38)35-14-8-13-25(35)28-34-30(18-36,19-40-28)16-23-11-7-12-24(31)15-23;1-19(31)26(36)32-25(20(2)38-16-21-8-4-3-5-9-21)28(37)34-13-7-12-24(34)27-33-29(17-35,18-39-27)15-22-10-6-11-23(30)14-22;1-17(28)23(33)29-22(19-8-3-2-4-9-19)25(34)31-12-6-11-21(31)24-30-26(15-32,16-35-24)14-18-7-5-10-20(27)13-18;1-14(25)19(30)26-18(22(2,3)32)21(31)28-9-5-8-17(28)20-27-23(12-29,13-33-20)11-15-6-4-7-16(24)10-15/h4-7,9-12,15,20-21,25-26,32,36H,8,13-14,16-19H2,1-3H3,(H,33,37);3-6,8-11,14,19-20,24-25,35H,7,12-13,15-18,31H2,1-2H3,(H,32,36);5,7,10,13,17,19,21-22,32H,2-4,6,8-9,11-12,14-16,28H2,1H3,(H,29,33);4,6-7,10,14,17-18,29,32H,5,8-9,11-13,25H2,1-3H3,(H,26,30)/t20-,21?,25-,26-,30-;19-,20?,24-,25-,29-;17-,21-,22-,26-;14-,17-,18+,23-/m0000/s1. The number of ether oxygens (including phenoxy) is 5. The molecule has 800 valence electrons. The van der Waals surface area contributed by atoms with Gasteiger partial charge < -0.3 is 113 Å². The van der Waals surface area contributed by atoms with Crippen LogP contribution in [0.4, 0.5) is 0 Å². The minimum absolute atomic E-state index is 0.0870. The minimum atomic E-state index is -1.51. The fraction of sp³-hybridized carbons (Fsp3) is 0.556. The van der Waals surface area contributed by atoms with E-state index in [4.69, 9.17) is 107 Å². The second kappa shape index (κ2) is 53.8. The van der Waals surface area contributed by atoms with Gasteiger partial charge in [0.05, 0.1) is 98.2 Å². The molecule has 15 rings (SSSR count). The number of aliphatic imine (C=N–C) groups is 4. The SMILES string of the molecule is CC(OCc1ccccc1)[C@H](NC(=O)[C@H](C)N)C(=O)N1CCC[C@H]1C1=N[C@](CO)(Cc2cccc(Cl)c2)CS1.CN[C@@H](C)C(=O)N[C@H](C(=O)N1CCC[C@H]1C1=N[C@](CO)(Cc2cccc(Cl)c2)CO1)C(C)OCc1ccccc1.C[C@H](N)C(=O)N[C@H](C(=O)N1CCC[C@H]1C1=N[C@](CO)(Cc2cccc(Cl)c2)CO1)C(C)(C)O.C[C@H](N)C(=O)N[C@H](C(=O)N1CCC[C@H]1C1=N[C@](CO)(Cc2cccc(Cl)c2)CO1)C1CCCCC1. The number of nitrogens with zero attached hydrogens (tertiary/aromatic N) is 8. The number of likely N-dealkylation sites (N-methyl/N-ethyl adjacent to an activating group) is 1. The van der Waals surface area contributed by atoms with E-state index in [-0.39, 0.29) is 99.8 Å². The van der Waals surface area contributed by atoms with Crippen LogP contribution in [-0.2, 0) is 101 Å². The van der Waals surface area contributed by atoms with Gasteiger partial charge in [-0.05, 0) is 214 Å². The maximum Gasteiger partial charge on any atom is 0.248 e. The number of carbonyl (C=O) groups is 8. The van der Waals surface area contributed by atoms with Crippen LogP contribution in [0.15, 0.2) is 178 Å². The number of hydrogen-bond donors (Lipinski definition) is 13. The highest BCUT2D eigenvalue weighted by molar-refractivity contribution is 8.14. The number of nitrogens with one attached hydrogen (secondary N) is 5. The predicted octanol–water partition coefficient (Wildman–Crippen LogP) is 9.00. The van der Waals surface area contributed by atoms with E-state index in [9.17, 15) is 63.9 Å². The summed E-state index contributed by atoms with van der Waals surface area (Å²) >= 11 is 26.2. The van der Waals surface area contributed by atoms with E-state index in [1.807, 2.05) is 150 Å². The lowest BCUT2D eigenvalue weighted by Crippen LogP contribution is -2.61. The maximum atomic E-state index is 14.0. The lowest BCUT2D eigenvalue weighted by Gasteiger charge is -2.35. The third-order valence-electron chi connectivity index (χ3n) is 28.3. The Morgan fingerprint density at radius 3 is 1.12 bits per heavy atom. The highest BCUT2D eigenvalue weighted by atomic mass is 35.5. The van der Waals surface area contributed by atoms with Crippen molar-refractivity contribution in [1.82, 2.24) is 46.2 Å². The molecule has 0 bridgehead atoms. The van der Waals surface area contributed by atoms with Crippen LogP contribution >= 0.6 is 58.2 Å². The molecule has 0 radical (unpaired) electrons. The summed E-state index contributed by atoms with van der Waals surface area (Å²) < 4.78 is 30.1. The zero-order valence-electron chi connectivity index (χ0n) is 85.4. The molecule has 0 aromatic heterocycles. The van der Waals surface area contributed by atoms with E-state index in [1.54, 1.807) is 80.3 Å². The van der Waals surface area contributed by atoms with Crippen LogP contribution in [0.5, 0.6) is 0 Å². The van der Waals surface area contributed by atoms with Gasteiger partial charge in [0.2, 0.25) is 65.0 Å². The fourth-order valence-electron chi connectivity index (χ4n) is 19.8. The van der Waals surface area contributed by atoms with Crippen molar-refractivity contribution in [3.05, 3.63) is 211 Å². The van der Waals surface area contributed by atoms with Gasteiger partial charge in [-0.25, -0.2) is 15.0 Å². The quantitative estimate of drug-likeness (QED) is 0.0171. The average Bonchev–Trinajstić information content (AvgIpc) is 1.65. The highest BCUT2D eigenvalue weighted by Gasteiger charge is 2.52. The first-order chi connectivity index (χ1) is 70.2. The maximum absolute atomic E-state index is 14.0. The molecule has 1 saturated carbocycles. The van der Waals surface area contributed by atoms with E-state index >= 15 is 0 Å². The van der Waals surface area contributed by atoms with Crippen molar-refractivity contribution in [2.24, 2.45) is 43.1 Å². The molecule has 8 heterocycles. The van der Waals surface area contributed by atoms with Crippen LogP contribution in [0.2, 0.25) is 20.1 Å². The van der Waals surface area contributed by atoms with Crippen LogP contribution in [0, 0.1) is 5.92 Å². The number of aliphatic hydroxyl groups is 5. The summed E-state index contributed by atoms with van der Waals surface area (Å²) in [5.74, 6) is -0.481. The van der Waals surface area contributed by atoms with Gasteiger partial charge in [-0.1, -0.05) is 175 Å². The summed E-state index contributed by atoms with van der Waals surface area (Å²) in [6.45, 7) is 15.6. The molecule has 147 heavy (non-hydrogen) atoms. The normalized spacial score (nSPS) is 24.3. The number of rotatable bonds is 39. The van der Waals surface area contributed by atoms with Crippen LogP contribution in [0.1, 0.15) is 172 Å².